The molecule has 16 heavy (non-hydrogen) atoms. The van der Waals surface area contributed by atoms with Gasteiger partial charge in [-0.1, -0.05) is 5.92 Å². The summed E-state index contributed by atoms with van der Waals surface area (Å²) < 4.78 is 0. The van der Waals surface area contributed by atoms with Gasteiger partial charge >= 0.3 is 6.03 Å². The Morgan fingerprint density at radius 1 is 1.56 bits per heavy atom. The van der Waals surface area contributed by atoms with Gasteiger partial charge in [0.15, 0.2) is 0 Å². The van der Waals surface area contributed by atoms with E-state index in [1.807, 2.05) is 0 Å². The van der Waals surface area contributed by atoms with E-state index in [0.29, 0.717) is 0 Å². The van der Waals surface area contributed by atoms with Gasteiger partial charge in [-0.3, -0.25) is 14.5 Å². The summed E-state index contributed by atoms with van der Waals surface area (Å²) in [4.78, 5) is 35.2. The molecule has 1 saturated heterocycles. The molecule has 0 bridgehead atoms. The van der Waals surface area contributed by atoms with E-state index in [0.717, 1.165) is 4.90 Å². The molecule has 1 aliphatic rings. The van der Waals surface area contributed by atoms with Crippen LogP contribution in [0.5, 0.6) is 0 Å². The van der Waals surface area contributed by atoms with Crippen LogP contribution in [0.3, 0.4) is 0 Å². The van der Waals surface area contributed by atoms with E-state index in [4.69, 9.17) is 6.42 Å². The zero-order chi connectivity index (χ0) is 12.3. The second-order valence-electron chi connectivity index (χ2n) is 3.93. The lowest BCUT2D eigenvalue weighted by atomic mass is 10.1. The van der Waals surface area contributed by atoms with Gasteiger partial charge in [0.1, 0.15) is 12.1 Å². The molecule has 86 valence electrons. The van der Waals surface area contributed by atoms with Gasteiger partial charge in [-0.05, 0) is 13.8 Å². The third-order valence-corrected chi connectivity index (χ3v) is 2.13. The van der Waals surface area contributed by atoms with Gasteiger partial charge in [0.05, 0.1) is 6.54 Å². The Bertz CT molecular complexity index is 381. The van der Waals surface area contributed by atoms with E-state index < -0.39 is 23.4 Å². The highest BCUT2D eigenvalue weighted by atomic mass is 16.2. The van der Waals surface area contributed by atoms with E-state index in [-0.39, 0.29) is 13.1 Å². The lowest BCUT2D eigenvalue weighted by molar-refractivity contribution is -0.134. The number of rotatable bonds is 3. The van der Waals surface area contributed by atoms with Crippen LogP contribution in [0.4, 0.5) is 4.79 Å². The molecule has 2 N–H and O–H groups in total. The van der Waals surface area contributed by atoms with Crippen molar-refractivity contribution in [1.29, 1.82) is 0 Å². The summed E-state index contributed by atoms with van der Waals surface area (Å²) in [6.45, 7) is 2.92. The van der Waals surface area contributed by atoms with Crippen molar-refractivity contribution in [3.05, 3.63) is 0 Å². The lowest BCUT2D eigenvalue weighted by Gasteiger charge is -2.15. The summed E-state index contributed by atoms with van der Waals surface area (Å²) in [5.41, 5.74) is -0.955. The second kappa shape index (κ2) is 4.23. The average Bonchev–Trinajstić information content (AvgIpc) is 2.38. The van der Waals surface area contributed by atoms with E-state index >= 15 is 0 Å². The van der Waals surface area contributed by atoms with Crippen LogP contribution in [-0.4, -0.2) is 41.4 Å². The van der Waals surface area contributed by atoms with Crippen LogP contribution in [0.15, 0.2) is 0 Å². The van der Waals surface area contributed by atoms with Crippen molar-refractivity contribution in [3.8, 4) is 12.3 Å². The molecular weight excluding hydrogens is 210 g/mol. The number of nitrogens with zero attached hydrogens (tertiary/aromatic N) is 1. The highest BCUT2D eigenvalue weighted by molar-refractivity contribution is 6.08. The van der Waals surface area contributed by atoms with Gasteiger partial charge in [-0.25, -0.2) is 4.79 Å². The van der Waals surface area contributed by atoms with Crippen molar-refractivity contribution in [1.82, 2.24) is 15.5 Å². The van der Waals surface area contributed by atoms with Crippen LogP contribution in [0.1, 0.15) is 13.8 Å². The fourth-order valence-corrected chi connectivity index (χ4v) is 1.31. The van der Waals surface area contributed by atoms with Crippen molar-refractivity contribution >= 4 is 17.8 Å². The SMILES string of the molecule is C#CCNC(=O)CN1C(=O)NC(C)(C)C1=O. The van der Waals surface area contributed by atoms with Gasteiger partial charge in [0.2, 0.25) is 5.91 Å². The monoisotopic (exact) mass is 223 g/mol. The second-order valence-corrected chi connectivity index (χ2v) is 3.93. The standard InChI is InChI=1S/C10H13N3O3/c1-4-5-11-7(14)6-13-8(15)10(2,3)12-9(13)16/h1H,5-6H2,2-3H3,(H,11,14)(H,12,16). The highest BCUT2D eigenvalue weighted by Gasteiger charge is 2.44. The number of urea groups is 1. The molecular formula is C10H13N3O3. The van der Waals surface area contributed by atoms with Crippen LogP contribution in [0, 0.1) is 12.3 Å². The molecule has 1 rings (SSSR count). The van der Waals surface area contributed by atoms with Crippen LogP contribution >= 0.6 is 0 Å². The lowest BCUT2D eigenvalue weighted by Crippen LogP contribution is -2.43. The minimum absolute atomic E-state index is 0.0753. The summed E-state index contributed by atoms with van der Waals surface area (Å²) in [5.74, 6) is 1.34. The van der Waals surface area contributed by atoms with Crippen molar-refractivity contribution in [3.63, 3.8) is 0 Å². The summed E-state index contributed by atoms with van der Waals surface area (Å²) in [6, 6.07) is -0.564. The molecule has 0 radical (unpaired) electrons. The van der Waals surface area contributed by atoms with Gasteiger partial charge in [0.25, 0.3) is 5.91 Å². The minimum atomic E-state index is -0.955. The summed E-state index contributed by atoms with van der Waals surface area (Å²) in [6.07, 6.45) is 4.96. The van der Waals surface area contributed by atoms with E-state index in [1.165, 1.54) is 0 Å². The molecule has 0 aliphatic carbocycles. The number of terminal acetylenes is 1. The van der Waals surface area contributed by atoms with Crippen molar-refractivity contribution in [2.45, 2.75) is 19.4 Å². The number of carbonyl (C=O) groups excluding carboxylic acids is 3. The molecule has 0 atom stereocenters. The zero-order valence-corrected chi connectivity index (χ0v) is 9.16. The highest BCUT2D eigenvalue weighted by Crippen LogP contribution is 2.15. The van der Waals surface area contributed by atoms with Gasteiger partial charge in [-0.15, -0.1) is 6.42 Å². The van der Waals surface area contributed by atoms with Crippen molar-refractivity contribution in [2.24, 2.45) is 0 Å². The Hall–Kier alpha value is -2.03. The van der Waals surface area contributed by atoms with Crippen LogP contribution in [0.2, 0.25) is 0 Å². The number of carbonyl (C=O) groups is 3. The average molecular weight is 223 g/mol. The van der Waals surface area contributed by atoms with E-state index in [2.05, 4.69) is 16.6 Å². The molecule has 0 saturated carbocycles. The third kappa shape index (κ3) is 2.31. The largest absolute Gasteiger partial charge is 0.344 e. The van der Waals surface area contributed by atoms with Crippen molar-refractivity contribution in [2.75, 3.05) is 13.1 Å². The zero-order valence-electron chi connectivity index (χ0n) is 9.16. The number of imide groups is 1. The number of nitrogens with one attached hydrogen (secondary N) is 2. The molecule has 0 aromatic carbocycles. The molecule has 1 fully saturated rings. The number of hydrogen-bond acceptors (Lipinski definition) is 3. The Morgan fingerprint density at radius 2 is 2.19 bits per heavy atom. The molecule has 1 aliphatic heterocycles. The third-order valence-electron chi connectivity index (χ3n) is 2.13. The topological polar surface area (TPSA) is 78.5 Å². The first-order valence-electron chi connectivity index (χ1n) is 4.73. The molecule has 0 spiro atoms. The Morgan fingerprint density at radius 3 is 2.62 bits per heavy atom. The molecule has 4 amide bonds. The van der Waals surface area contributed by atoms with Gasteiger partial charge in [-0.2, -0.15) is 0 Å². The molecule has 0 aromatic heterocycles. The number of hydrogen-bond donors (Lipinski definition) is 2. The fourth-order valence-electron chi connectivity index (χ4n) is 1.31. The Balaban J connectivity index is 2.62. The molecule has 1 heterocycles. The molecule has 0 aromatic rings. The summed E-state index contributed by atoms with van der Waals surface area (Å²) in [7, 11) is 0. The van der Waals surface area contributed by atoms with E-state index in [9.17, 15) is 14.4 Å². The molecule has 6 nitrogen and oxygen atoms in total. The quantitative estimate of drug-likeness (QED) is 0.479. The van der Waals surface area contributed by atoms with Crippen LogP contribution < -0.4 is 10.6 Å². The predicted octanol–water partition coefficient (Wildman–Crippen LogP) is -0.934. The maximum absolute atomic E-state index is 11.7. The van der Waals surface area contributed by atoms with Gasteiger partial charge in [0, 0.05) is 0 Å². The van der Waals surface area contributed by atoms with Crippen molar-refractivity contribution < 1.29 is 14.4 Å². The normalized spacial score (nSPS) is 17.9. The Labute approximate surface area is 93.4 Å². The first-order valence-corrected chi connectivity index (χ1v) is 4.73. The van der Waals surface area contributed by atoms with Crippen LogP contribution in [0.25, 0.3) is 0 Å². The number of amides is 4. The summed E-state index contributed by atoms with van der Waals surface area (Å²) in [5, 5.41) is 4.85. The Kier molecular flexibility index (Phi) is 3.18. The smallest absolute Gasteiger partial charge is 0.325 e. The molecule has 6 heteroatoms. The molecule has 0 unspecified atom stereocenters. The first-order chi connectivity index (χ1) is 7.38. The van der Waals surface area contributed by atoms with E-state index in [1.54, 1.807) is 13.8 Å². The fraction of sp³-hybridized carbons (Fsp3) is 0.500. The van der Waals surface area contributed by atoms with Crippen LogP contribution in [-0.2, 0) is 9.59 Å². The maximum atomic E-state index is 11.7. The predicted molar refractivity (Wildman–Crippen MR) is 56.2 cm³/mol. The minimum Gasteiger partial charge on any atom is -0.344 e. The first kappa shape index (κ1) is 12.0. The maximum Gasteiger partial charge on any atom is 0.325 e. The summed E-state index contributed by atoms with van der Waals surface area (Å²) >= 11 is 0. The van der Waals surface area contributed by atoms with Gasteiger partial charge < -0.3 is 10.6 Å².